The molecule has 4 rings (SSSR count). The van der Waals surface area contributed by atoms with E-state index in [1.165, 1.54) is 0 Å². The van der Waals surface area contributed by atoms with Gasteiger partial charge in [0.05, 0.1) is 17.6 Å². The van der Waals surface area contributed by atoms with E-state index >= 15 is 0 Å². The number of hydrogen-bond acceptors (Lipinski definition) is 5. The van der Waals surface area contributed by atoms with E-state index in [0.717, 1.165) is 37.0 Å². The lowest BCUT2D eigenvalue weighted by Crippen LogP contribution is -2.39. The molecule has 0 spiro atoms. The number of hydrogen-bond donors (Lipinski definition) is 0. The van der Waals surface area contributed by atoms with E-state index in [1.807, 2.05) is 19.1 Å². The van der Waals surface area contributed by atoms with Crippen molar-refractivity contribution in [3.63, 3.8) is 0 Å². The zero-order valence-corrected chi connectivity index (χ0v) is 16.7. The molecule has 0 bridgehead atoms. The number of nitrogens with zero attached hydrogens (tertiary/aromatic N) is 1. The molecule has 0 aromatic heterocycles. The van der Waals surface area contributed by atoms with Crippen LogP contribution in [0.1, 0.15) is 50.5 Å². The first-order valence-corrected chi connectivity index (χ1v) is 10.3. The molecule has 1 aromatic rings. The minimum absolute atomic E-state index is 0.0437. The van der Waals surface area contributed by atoms with Gasteiger partial charge in [-0.15, -0.1) is 0 Å². The van der Waals surface area contributed by atoms with Crippen molar-refractivity contribution in [1.82, 2.24) is 0 Å². The maximum absolute atomic E-state index is 13.1. The third-order valence-electron chi connectivity index (χ3n) is 5.78. The van der Waals surface area contributed by atoms with Crippen molar-refractivity contribution in [2.24, 2.45) is 10.9 Å². The Labute approximate surface area is 169 Å². The SMILES string of the molecule is CC1=C(C(=O)OC[C@H]2CCCO2)[C@H](c2ccc(Cl)cc2)[C@H]2C(=O)CCCC2=N1. The lowest BCUT2D eigenvalue weighted by atomic mass is 9.69. The molecule has 3 aliphatic rings. The number of fused-ring (bicyclic) bond motifs is 1. The first-order valence-electron chi connectivity index (χ1n) is 9.89. The summed E-state index contributed by atoms with van der Waals surface area (Å²) in [6.45, 7) is 2.77. The Bertz CT molecular complexity index is 837. The molecular weight excluding hydrogens is 378 g/mol. The van der Waals surface area contributed by atoms with E-state index in [9.17, 15) is 9.59 Å². The van der Waals surface area contributed by atoms with Gasteiger partial charge in [-0.25, -0.2) is 4.79 Å². The first-order chi connectivity index (χ1) is 13.5. The Morgan fingerprint density at radius 1 is 1.21 bits per heavy atom. The Morgan fingerprint density at radius 3 is 2.71 bits per heavy atom. The maximum Gasteiger partial charge on any atom is 0.336 e. The number of ether oxygens (including phenoxy) is 2. The molecule has 1 saturated carbocycles. The van der Waals surface area contributed by atoms with Crippen LogP contribution < -0.4 is 0 Å². The molecule has 2 heterocycles. The number of rotatable bonds is 4. The van der Waals surface area contributed by atoms with Crippen molar-refractivity contribution in [3.05, 3.63) is 46.1 Å². The van der Waals surface area contributed by atoms with Gasteiger partial charge in [0, 0.05) is 35.4 Å². The number of allylic oxidation sites excluding steroid dienone is 1. The van der Waals surface area contributed by atoms with Crippen LogP contribution in [0.2, 0.25) is 5.02 Å². The molecule has 28 heavy (non-hydrogen) atoms. The van der Waals surface area contributed by atoms with E-state index < -0.39 is 11.9 Å². The van der Waals surface area contributed by atoms with Gasteiger partial charge in [0.25, 0.3) is 0 Å². The smallest absolute Gasteiger partial charge is 0.336 e. The van der Waals surface area contributed by atoms with Crippen molar-refractivity contribution in [2.45, 2.75) is 51.0 Å². The van der Waals surface area contributed by atoms with Crippen molar-refractivity contribution >= 4 is 29.1 Å². The Hall–Kier alpha value is -1.98. The summed E-state index contributed by atoms with van der Waals surface area (Å²) in [7, 11) is 0. The number of Topliss-reactive ketones (excluding diaryl/α,β-unsaturated/α-hetero) is 1. The van der Waals surface area contributed by atoms with Gasteiger partial charge in [-0.2, -0.15) is 0 Å². The lowest BCUT2D eigenvalue weighted by molar-refractivity contribution is -0.142. The van der Waals surface area contributed by atoms with Gasteiger partial charge in [-0.3, -0.25) is 9.79 Å². The summed E-state index contributed by atoms with van der Waals surface area (Å²) in [5.74, 6) is -1.05. The maximum atomic E-state index is 13.1. The number of benzene rings is 1. The summed E-state index contributed by atoms with van der Waals surface area (Å²) < 4.78 is 11.2. The van der Waals surface area contributed by atoms with E-state index in [4.69, 9.17) is 21.1 Å². The molecule has 1 aromatic carbocycles. The standard InChI is InChI=1S/C22H24ClNO4/c1-13-19(22(26)28-12-16-4-3-11-27-16)20(14-7-9-15(23)10-8-14)21-17(24-13)5-2-6-18(21)25/h7-10,16,20-21H,2-6,11-12H2,1H3/t16-,20+,21-/m1/s1. The molecule has 0 radical (unpaired) electrons. The van der Waals surface area contributed by atoms with Crippen LogP contribution in [0.25, 0.3) is 0 Å². The monoisotopic (exact) mass is 401 g/mol. The molecule has 2 aliphatic heterocycles. The van der Waals surface area contributed by atoms with Gasteiger partial charge >= 0.3 is 5.97 Å². The number of carbonyl (C=O) groups is 2. The van der Waals surface area contributed by atoms with Crippen LogP contribution in [0.5, 0.6) is 0 Å². The van der Waals surface area contributed by atoms with Gasteiger partial charge in [0.2, 0.25) is 0 Å². The summed E-state index contributed by atoms with van der Waals surface area (Å²) in [6, 6.07) is 7.36. The second-order valence-corrected chi connectivity index (χ2v) is 8.10. The molecule has 6 heteroatoms. The van der Waals surface area contributed by atoms with Crippen LogP contribution in [0.3, 0.4) is 0 Å². The number of halogens is 1. The van der Waals surface area contributed by atoms with Crippen molar-refractivity contribution in [1.29, 1.82) is 0 Å². The van der Waals surface area contributed by atoms with Crippen LogP contribution in [0.4, 0.5) is 0 Å². The largest absolute Gasteiger partial charge is 0.460 e. The molecule has 1 aliphatic carbocycles. The van der Waals surface area contributed by atoms with E-state index in [-0.39, 0.29) is 24.4 Å². The molecular formula is C22H24ClNO4. The molecule has 3 atom stereocenters. The van der Waals surface area contributed by atoms with Crippen molar-refractivity contribution < 1.29 is 19.1 Å². The molecule has 1 saturated heterocycles. The Morgan fingerprint density at radius 2 is 2.00 bits per heavy atom. The highest BCUT2D eigenvalue weighted by Crippen LogP contribution is 2.43. The molecule has 0 unspecified atom stereocenters. The summed E-state index contributed by atoms with van der Waals surface area (Å²) in [6.07, 6.45) is 3.96. The van der Waals surface area contributed by atoms with Gasteiger partial charge in [-0.05, 0) is 50.3 Å². The Kier molecular flexibility index (Phi) is 5.65. The molecule has 148 valence electrons. The van der Waals surface area contributed by atoms with Gasteiger partial charge in [0.1, 0.15) is 12.4 Å². The fraction of sp³-hybridized carbons (Fsp3) is 0.500. The van der Waals surface area contributed by atoms with E-state index in [2.05, 4.69) is 4.99 Å². The number of carbonyl (C=O) groups excluding carboxylic acids is 2. The second kappa shape index (κ2) is 8.18. The van der Waals surface area contributed by atoms with Crippen LogP contribution >= 0.6 is 11.6 Å². The first kappa shape index (κ1) is 19.3. The summed E-state index contributed by atoms with van der Waals surface area (Å²) >= 11 is 6.06. The topological polar surface area (TPSA) is 65.0 Å². The zero-order chi connectivity index (χ0) is 19.7. The normalized spacial score (nSPS) is 27.4. The molecule has 0 N–H and O–H groups in total. The number of aliphatic imine (C=N–C) groups is 1. The number of esters is 1. The van der Waals surface area contributed by atoms with Crippen LogP contribution in [0.15, 0.2) is 40.5 Å². The zero-order valence-electron chi connectivity index (χ0n) is 15.9. The summed E-state index contributed by atoms with van der Waals surface area (Å²) in [5, 5.41) is 0.617. The van der Waals surface area contributed by atoms with Crippen LogP contribution in [-0.4, -0.2) is 36.8 Å². The molecule has 0 amide bonds. The average Bonchev–Trinajstić information content (AvgIpc) is 3.19. The summed E-state index contributed by atoms with van der Waals surface area (Å²) in [5.41, 5.74) is 2.88. The second-order valence-electron chi connectivity index (χ2n) is 7.66. The predicted octanol–water partition coefficient (Wildman–Crippen LogP) is 4.24. The van der Waals surface area contributed by atoms with Crippen molar-refractivity contribution in [3.8, 4) is 0 Å². The highest BCUT2D eigenvalue weighted by atomic mass is 35.5. The minimum atomic E-state index is -0.408. The third-order valence-corrected chi connectivity index (χ3v) is 6.03. The van der Waals surface area contributed by atoms with E-state index in [0.29, 0.717) is 29.3 Å². The van der Waals surface area contributed by atoms with Crippen LogP contribution in [0, 0.1) is 5.92 Å². The van der Waals surface area contributed by atoms with Gasteiger partial charge in [-0.1, -0.05) is 23.7 Å². The Balaban J connectivity index is 1.68. The van der Waals surface area contributed by atoms with Gasteiger partial charge < -0.3 is 9.47 Å². The summed E-state index contributed by atoms with van der Waals surface area (Å²) in [4.78, 5) is 30.5. The number of ketones is 1. The highest BCUT2D eigenvalue weighted by molar-refractivity contribution is 6.30. The fourth-order valence-electron chi connectivity index (χ4n) is 4.44. The predicted molar refractivity (Wildman–Crippen MR) is 107 cm³/mol. The van der Waals surface area contributed by atoms with Gasteiger partial charge in [0.15, 0.2) is 0 Å². The highest BCUT2D eigenvalue weighted by Gasteiger charge is 2.43. The fourth-order valence-corrected chi connectivity index (χ4v) is 4.56. The lowest BCUT2D eigenvalue weighted by Gasteiger charge is -2.35. The van der Waals surface area contributed by atoms with E-state index in [1.54, 1.807) is 12.1 Å². The minimum Gasteiger partial charge on any atom is -0.460 e. The quantitative estimate of drug-likeness (QED) is 0.707. The van der Waals surface area contributed by atoms with Crippen molar-refractivity contribution in [2.75, 3.05) is 13.2 Å². The van der Waals surface area contributed by atoms with Crippen LogP contribution in [-0.2, 0) is 19.1 Å². The molecule has 2 fully saturated rings. The molecule has 5 nitrogen and oxygen atoms in total. The average molecular weight is 402 g/mol. The third kappa shape index (κ3) is 3.78.